The summed E-state index contributed by atoms with van der Waals surface area (Å²) in [7, 11) is 0. The Bertz CT molecular complexity index is 1060. The summed E-state index contributed by atoms with van der Waals surface area (Å²) in [6.07, 6.45) is 3.39. The Balaban J connectivity index is 1.39. The molecule has 0 bridgehead atoms. The SMILES string of the molecule is CC(C)(CC(=O)O)NC(=O)C1(CNC(=O)OCC2c3ccccc3-c3ccccc32)CCCCC1. The van der Waals surface area contributed by atoms with Gasteiger partial charge in [-0.25, -0.2) is 4.79 Å². The van der Waals surface area contributed by atoms with E-state index in [1.54, 1.807) is 13.8 Å². The molecule has 0 aromatic heterocycles. The van der Waals surface area contributed by atoms with Gasteiger partial charge >= 0.3 is 12.1 Å². The van der Waals surface area contributed by atoms with Gasteiger partial charge in [0.15, 0.2) is 0 Å². The van der Waals surface area contributed by atoms with Crippen molar-refractivity contribution in [3.63, 3.8) is 0 Å². The quantitative estimate of drug-likeness (QED) is 0.503. The van der Waals surface area contributed by atoms with Gasteiger partial charge < -0.3 is 20.5 Å². The van der Waals surface area contributed by atoms with Crippen molar-refractivity contribution in [2.75, 3.05) is 13.2 Å². The van der Waals surface area contributed by atoms with Crippen LogP contribution in [-0.4, -0.2) is 41.8 Å². The zero-order chi connectivity index (χ0) is 25.1. The summed E-state index contributed by atoms with van der Waals surface area (Å²) in [6.45, 7) is 3.78. The van der Waals surface area contributed by atoms with Crippen molar-refractivity contribution in [1.29, 1.82) is 0 Å². The lowest BCUT2D eigenvalue weighted by Crippen LogP contribution is -2.55. The maximum atomic E-state index is 13.3. The number of alkyl carbamates (subject to hydrolysis) is 1. The summed E-state index contributed by atoms with van der Waals surface area (Å²) in [5.41, 5.74) is 2.98. The number of carbonyl (C=O) groups excluding carboxylic acids is 2. The largest absolute Gasteiger partial charge is 0.481 e. The smallest absolute Gasteiger partial charge is 0.407 e. The van der Waals surface area contributed by atoms with Crippen LogP contribution in [0.4, 0.5) is 4.79 Å². The van der Waals surface area contributed by atoms with E-state index in [0.717, 1.165) is 30.4 Å². The van der Waals surface area contributed by atoms with Crippen molar-refractivity contribution >= 4 is 18.0 Å². The Morgan fingerprint density at radius 2 is 1.54 bits per heavy atom. The van der Waals surface area contributed by atoms with Crippen molar-refractivity contribution in [1.82, 2.24) is 10.6 Å². The number of ether oxygens (including phenoxy) is 1. The van der Waals surface area contributed by atoms with Crippen LogP contribution < -0.4 is 10.6 Å². The van der Waals surface area contributed by atoms with Crippen LogP contribution in [0.25, 0.3) is 11.1 Å². The number of aliphatic carboxylic acids is 1. The second kappa shape index (κ2) is 10.1. The first kappa shape index (κ1) is 24.8. The molecule has 2 aliphatic rings. The zero-order valence-electron chi connectivity index (χ0n) is 20.4. The second-order valence-electron chi connectivity index (χ2n) is 10.4. The van der Waals surface area contributed by atoms with Gasteiger partial charge in [-0.2, -0.15) is 0 Å². The number of carboxylic acids is 1. The van der Waals surface area contributed by atoms with Crippen LogP contribution in [-0.2, 0) is 14.3 Å². The minimum atomic E-state index is -0.968. The average Bonchev–Trinajstić information content (AvgIpc) is 3.14. The number of nitrogens with one attached hydrogen (secondary N) is 2. The molecule has 7 heteroatoms. The van der Waals surface area contributed by atoms with Crippen molar-refractivity contribution in [3.05, 3.63) is 59.7 Å². The summed E-state index contributed by atoms with van der Waals surface area (Å²) in [5.74, 6) is -1.20. The summed E-state index contributed by atoms with van der Waals surface area (Å²) in [4.78, 5) is 37.2. The van der Waals surface area contributed by atoms with Gasteiger partial charge in [-0.15, -0.1) is 0 Å². The van der Waals surface area contributed by atoms with Crippen molar-refractivity contribution in [3.8, 4) is 11.1 Å². The molecule has 2 aromatic carbocycles. The van der Waals surface area contributed by atoms with Gasteiger partial charge in [-0.05, 0) is 48.9 Å². The Labute approximate surface area is 206 Å². The van der Waals surface area contributed by atoms with Crippen LogP contribution >= 0.6 is 0 Å². The number of fused-ring (bicyclic) bond motifs is 3. The minimum Gasteiger partial charge on any atom is -0.481 e. The molecule has 0 saturated heterocycles. The molecule has 0 spiro atoms. The van der Waals surface area contributed by atoms with E-state index in [9.17, 15) is 14.4 Å². The van der Waals surface area contributed by atoms with Crippen molar-refractivity contribution < 1.29 is 24.2 Å². The standard InChI is InChI=1S/C28H34N2O5/c1-27(2,16-24(31)32)30-25(33)28(14-8-3-9-15-28)18-29-26(34)35-17-23-21-12-6-4-10-19(21)20-11-5-7-13-22(20)23/h4-7,10-13,23H,3,8-9,14-18H2,1-2H3,(H,29,34)(H,30,33)(H,31,32). The number of carbonyl (C=O) groups is 3. The third kappa shape index (κ3) is 5.50. The maximum absolute atomic E-state index is 13.3. The van der Waals surface area contributed by atoms with E-state index in [1.807, 2.05) is 24.3 Å². The highest BCUT2D eigenvalue weighted by Gasteiger charge is 2.42. The molecule has 4 rings (SSSR count). The predicted octanol–water partition coefficient (Wildman–Crippen LogP) is 4.85. The van der Waals surface area contributed by atoms with E-state index in [2.05, 4.69) is 34.9 Å². The normalized spacial score (nSPS) is 16.6. The predicted molar refractivity (Wildman–Crippen MR) is 133 cm³/mol. The number of rotatable bonds is 8. The molecule has 1 saturated carbocycles. The molecule has 0 heterocycles. The first-order valence-electron chi connectivity index (χ1n) is 12.3. The minimum absolute atomic E-state index is 0.0306. The number of hydrogen-bond acceptors (Lipinski definition) is 4. The Kier molecular flexibility index (Phi) is 7.15. The highest BCUT2D eigenvalue weighted by atomic mass is 16.5. The van der Waals surface area contributed by atoms with Crippen LogP contribution in [0.15, 0.2) is 48.5 Å². The summed E-state index contributed by atoms with van der Waals surface area (Å²) in [6, 6.07) is 16.3. The van der Waals surface area contributed by atoms with E-state index in [1.165, 1.54) is 11.1 Å². The molecule has 0 unspecified atom stereocenters. The van der Waals surface area contributed by atoms with E-state index < -0.39 is 23.0 Å². The van der Waals surface area contributed by atoms with Crippen molar-refractivity contribution in [2.45, 2.75) is 63.8 Å². The number of amides is 2. The highest BCUT2D eigenvalue weighted by Crippen LogP contribution is 2.44. The van der Waals surface area contributed by atoms with Gasteiger partial charge in [-0.1, -0.05) is 67.8 Å². The molecule has 3 N–H and O–H groups in total. The van der Waals surface area contributed by atoms with Gasteiger partial charge in [0, 0.05) is 18.0 Å². The fourth-order valence-corrected chi connectivity index (χ4v) is 5.47. The summed E-state index contributed by atoms with van der Waals surface area (Å²) < 4.78 is 5.65. The monoisotopic (exact) mass is 478 g/mol. The zero-order valence-corrected chi connectivity index (χ0v) is 20.4. The Morgan fingerprint density at radius 1 is 0.971 bits per heavy atom. The van der Waals surface area contributed by atoms with Gasteiger partial charge in [-0.3, -0.25) is 9.59 Å². The van der Waals surface area contributed by atoms with E-state index >= 15 is 0 Å². The highest BCUT2D eigenvalue weighted by molar-refractivity contribution is 5.85. The fourth-order valence-electron chi connectivity index (χ4n) is 5.47. The second-order valence-corrected chi connectivity index (χ2v) is 10.4. The first-order chi connectivity index (χ1) is 16.7. The Hall–Kier alpha value is -3.35. The molecule has 1 fully saturated rings. The lowest BCUT2D eigenvalue weighted by atomic mass is 9.72. The van der Waals surface area contributed by atoms with Crippen molar-refractivity contribution in [2.24, 2.45) is 5.41 Å². The number of carboxylic acid groups (broad SMARTS) is 1. The first-order valence-corrected chi connectivity index (χ1v) is 12.3. The molecule has 0 aliphatic heterocycles. The van der Waals surface area contributed by atoms with Crippen LogP contribution in [0.3, 0.4) is 0 Å². The summed E-state index contributed by atoms with van der Waals surface area (Å²) in [5, 5.41) is 14.9. The molecule has 2 aliphatic carbocycles. The molecule has 2 amide bonds. The molecular formula is C28H34N2O5. The molecular weight excluding hydrogens is 444 g/mol. The molecule has 35 heavy (non-hydrogen) atoms. The number of hydrogen-bond donors (Lipinski definition) is 3. The fraction of sp³-hybridized carbons (Fsp3) is 0.464. The van der Waals surface area contributed by atoms with Crippen LogP contribution in [0.1, 0.15) is 69.4 Å². The molecule has 0 radical (unpaired) electrons. The van der Waals surface area contributed by atoms with Crippen LogP contribution in [0.2, 0.25) is 0 Å². The van der Waals surface area contributed by atoms with Gasteiger partial charge in [0.2, 0.25) is 5.91 Å². The van der Waals surface area contributed by atoms with E-state index in [4.69, 9.17) is 9.84 Å². The van der Waals surface area contributed by atoms with Gasteiger partial charge in [0.1, 0.15) is 6.61 Å². The van der Waals surface area contributed by atoms with Gasteiger partial charge in [0.25, 0.3) is 0 Å². The maximum Gasteiger partial charge on any atom is 0.407 e. The van der Waals surface area contributed by atoms with Gasteiger partial charge in [0.05, 0.1) is 11.8 Å². The average molecular weight is 479 g/mol. The Morgan fingerprint density at radius 3 is 2.11 bits per heavy atom. The van der Waals surface area contributed by atoms with Crippen LogP contribution in [0, 0.1) is 5.41 Å². The number of benzene rings is 2. The third-order valence-corrected chi connectivity index (χ3v) is 7.25. The third-order valence-electron chi connectivity index (χ3n) is 7.25. The molecule has 186 valence electrons. The van der Waals surface area contributed by atoms with Crippen LogP contribution in [0.5, 0.6) is 0 Å². The molecule has 0 atom stereocenters. The lowest BCUT2D eigenvalue weighted by molar-refractivity contribution is -0.140. The summed E-state index contributed by atoms with van der Waals surface area (Å²) >= 11 is 0. The topological polar surface area (TPSA) is 105 Å². The van der Waals surface area contributed by atoms with E-state index in [-0.39, 0.29) is 31.4 Å². The molecule has 7 nitrogen and oxygen atoms in total. The molecule has 2 aromatic rings. The van der Waals surface area contributed by atoms with E-state index in [0.29, 0.717) is 12.8 Å². The lowest BCUT2D eigenvalue weighted by Gasteiger charge is -2.38.